The number of alkyl halides is 1. The second-order valence-electron chi connectivity index (χ2n) is 5.37. The normalized spacial score (nSPS) is 16.5. The van der Waals surface area contributed by atoms with Crippen LogP contribution in [-0.4, -0.2) is 23.9 Å². The van der Waals surface area contributed by atoms with Crippen LogP contribution in [0.4, 0.5) is 5.69 Å². The summed E-state index contributed by atoms with van der Waals surface area (Å²) in [4.78, 5) is 22.7. The number of carbonyl (C=O) groups is 1. The molecule has 0 aliphatic heterocycles. The molecule has 1 aliphatic carbocycles. The Labute approximate surface area is 132 Å². The van der Waals surface area contributed by atoms with Crippen molar-refractivity contribution in [2.24, 2.45) is 0 Å². The van der Waals surface area contributed by atoms with Crippen molar-refractivity contribution in [1.82, 2.24) is 0 Å². The van der Waals surface area contributed by atoms with Crippen molar-refractivity contribution < 1.29 is 14.5 Å². The molecule has 0 N–H and O–H groups in total. The van der Waals surface area contributed by atoms with Crippen molar-refractivity contribution in [1.29, 1.82) is 0 Å². The maximum Gasteiger partial charge on any atom is 0.337 e. The van der Waals surface area contributed by atoms with Crippen molar-refractivity contribution in [3.8, 4) is 0 Å². The van der Waals surface area contributed by atoms with Gasteiger partial charge in [0.25, 0.3) is 5.69 Å². The van der Waals surface area contributed by atoms with Crippen LogP contribution in [0.25, 0.3) is 10.8 Å². The van der Waals surface area contributed by atoms with Crippen LogP contribution in [0.3, 0.4) is 0 Å². The smallest absolute Gasteiger partial charge is 0.337 e. The first-order chi connectivity index (χ1) is 10.6. The van der Waals surface area contributed by atoms with E-state index in [1.54, 1.807) is 24.3 Å². The third kappa shape index (κ3) is 2.22. The van der Waals surface area contributed by atoms with Crippen molar-refractivity contribution in [3.63, 3.8) is 0 Å². The summed E-state index contributed by atoms with van der Waals surface area (Å²) in [6.07, 6.45) is 1.64. The summed E-state index contributed by atoms with van der Waals surface area (Å²) >= 11 is 6.04. The Morgan fingerprint density at radius 2 is 2.18 bits per heavy atom. The fourth-order valence-electron chi connectivity index (χ4n) is 3.20. The van der Waals surface area contributed by atoms with Crippen molar-refractivity contribution >= 4 is 34.0 Å². The topological polar surface area (TPSA) is 69.4 Å². The number of methoxy groups -OCH3 is 1. The zero-order valence-corrected chi connectivity index (χ0v) is 12.7. The number of ether oxygens (including phenoxy) is 1. The number of aryl methyl sites for hydroxylation is 1. The van der Waals surface area contributed by atoms with Gasteiger partial charge in [0.1, 0.15) is 0 Å². The molecule has 6 heteroatoms. The largest absolute Gasteiger partial charge is 0.465 e. The molecular weight excluding hydrogens is 306 g/mol. The van der Waals surface area contributed by atoms with E-state index >= 15 is 0 Å². The van der Waals surface area contributed by atoms with Crippen LogP contribution in [0, 0.1) is 10.1 Å². The maximum atomic E-state index is 11.7. The van der Waals surface area contributed by atoms with E-state index in [2.05, 4.69) is 0 Å². The molecule has 114 valence electrons. The Kier molecular flexibility index (Phi) is 3.74. The minimum atomic E-state index is -0.456. The van der Waals surface area contributed by atoms with E-state index in [0.717, 1.165) is 29.4 Å². The van der Waals surface area contributed by atoms with Gasteiger partial charge in [-0.2, -0.15) is 0 Å². The molecule has 0 amide bonds. The Bertz CT molecular complexity index is 787. The first-order valence-electron chi connectivity index (χ1n) is 6.95. The van der Waals surface area contributed by atoms with E-state index in [1.165, 1.54) is 7.11 Å². The predicted molar refractivity (Wildman–Crippen MR) is 83.7 cm³/mol. The lowest BCUT2D eigenvalue weighted by molar-refractivity contribution is -0.383. The van der Waals surface area contributed by atoms with Crippen molar-refractivity contribution in [2.45, 2.75) is 18.8 Å². The quantitative estimate of drug-likeness (QED) is 0.373. The summed E-state index contributed by atoms with van der Waals surface area (Å²) in [5, 5.41) is 12.6. The van der Waals surface area contributed by atoms with Gasteiger partial charge in [0.2, 0.25) is 0 Å². The highest BCUT2D eigenvalue weighted by molar-refractivity contribution is 6.18. The number of nitrogens with zero attached hydrogens (tertiary/aromatic N) is 1. The average Bonchev–Trinajstić information content (AvgIpc) is 2.95. The number of non-ortho nitro benzene ring substituents is 1. The zero-order valence-electron chi connectivity index (χ0n) is 12.0. The van der Waals surface area contributed by atoms with Crippen LogP contribution >= 0.6 is 11.6 Å². The summed E-state index contributed by atoms with van der Waals surface area (Å²) in [5.74, 6) is 0.165. The fourth-order valence-corrected chi connectivity index (χ4v) is 3.51. The number of rotatable bonds is 3. The first-order valence-corrected chi connectivity index (χ1v) is 7.48. The molecule has 1 aliphatic rings. The second-order valence-corrected chi connectivity index (χ2v) is 5.68. The number of halogens is 1. The van der Waals surface area contributed by atoms with Gasteiger partial charge in [-0.15, -0.1) is 11.6 Å². The molecule has 0 heterocycles. The van der Waals surface area contributed by atoms with E-state index in [-0.39, 0.29) is 16.5 Å². The molecule has 0 saturated carbocycles. The van der Waals surface area contributed by atoms with E-state index in [9.17, 15) is 14.9 Å². The standard InChI is InChI=1S/C16H14ClNO4/c1-22-16(19)10-4-5-12-13(6-10)15-9(2-3-11(15)8-17)7-14(12)18(20)21/h4-7,11H,2-3,8H2,1H3. The van der Waals surface area contributed by atoms with Gasteiger partial charge in [-0.1, -0.05) is 0 Å². The van der Waals surface area contributed by atoms with E-state index in [4.69, 9.17) is 16.3 Å². The number of nitro groups is 1. The first kappa shape index (κ1) is 14.8. The summed E-state index contributed by atoms with van der Waals surface area (Å²) in [6, 6.07) is 6.49. The highest BCUT2D eigenvalue weighted by Gasteiger charge is 2.28. The van der Waals surface area contributed by atoms with Crippen LogP contribution in [0.2, 0.25) is 0 Å². The average molecular weight is 320 g/mol. The van der Waals surface area contributed by atoms with Crippen LogP contribution in [-0.2, 0) is 11.2 Å². The van der Waals surface area contributed by atoms with E-state index in [1.807, 2.05) is 0 Å². The highest BCUT2D eigenvalue weighted by atomic mass is 35.5. The van der Waals surface area contributed by atoms with Gasteiger partial charge in [-0.3, -0.25) is 10.1 Å². The lowest BCUT2D eigenvalue weighted by atomic mass is 9.93. The lowest BCUT2D eigenvalue weighted by Crippen LogP contribution is -2.03. The number of fused-ring (bicyclic) bond motifs is 3. The van der Waals surface area contributed by atoms with Crippen LogP contribution in [0.15, 0.2) is 24.3 Å². The second kappa shape index (κ2) is 5.57. The zero-order chi connectivity index (χ0) is 15.9. The minimum Gasteiger partial charge on any atom is -0.465 e. The van der Waals surface area contributed by atoms with E-state index < -0.39 is 5.97 Å². The van der Waals surface area contributed by atoms with Gasteiger partial charge < -0.3 is 4.74 Å². The summed E-state index contributed by atoms with van der Waals surface area (Å²) in [7, 11) is 1.31. The van der Waals surface area contributed by atoms with Gasteiger partial charge in [-0.05, 0) is 53.5 Å². The van der Waals surface area contributed by atoms with Gasteiger partial charge >= 0.3 is 5.97 Å². The summed E-state index contributed by atoms with van der Waals surface area (Å²) in [5.41, 5.74) is 2.44. The van der Waals surface area contributed by atoms with Gasteiger partial charge in [0.05, 0.1) is 23.0 Å². The molecule has 5 nitrogen and oxygen atoms in total. The molecule has 2 aromatic rings. The number of hydrogen-bond donors (Lipinski definition) is 0. The predicted octanol–water partition coefficient (Wildman–Crippen LogP) is 3.80. The van der Waals surface area contributed by atoms with E-state index in [0.29, 0.717) is 16.8 Å². The molecule has 3 rings (SSSR count). The molecule has 0 aromatic heterocycles. The molecule has 0 radical (unpaired) electrons. The fraction of sp³-hybridized carbons (Fsp3) is 0.312. The van der Waals surface area contributed by atoms with Crippen LogP contribution in [0.1, 0.15) is 33.8 Å². The Morgan fingerprint density at radius 3 is 2.82 bits per heavy atom. The molecular formula is C16H14ClNO4. The number of nitro benzene ring substituents is 1. The third-order valence-corrected chi connectivity index (χ3v) is 4.59. The van der Waals surface area contributed by atoms with Gasteiger partial charge in [-0.25, -0.2) is 4.79 Å². The SMILES string of the molecule is COC(=O)c1ccc2c([N+](=O)[O-])cc3c(c2c1)C(CCl)CC3. The number of carbonyl (C=O) groups excluding carboxylic acids is 1. The number of esters is 1. The molecule has 22 heavy (non-hydrogen) atoms. The lowest BCUT2D eigenvalue weighted by Gasteiger charge is -2.12. The molecule has 0 saturated heterocycles. The molecule has 1 unspecified atom stereocenters. The van der Waals surface area contributed by atoms with Crippen LogP contribution < -0.4 is 0 Å². The third-order valence-electron chi connectivity index (χ3n) is 4.22. The molecule has 0 bridgehead atoms. The van der Waals surface area contributed by atoms with Gasteiger partial charge in [0.15, 0.2) is 0 Å². The maximum absolute atomic E-state index is 11.7. The van der Waals surface area contributed by atoms with Crippen molar-refractivity contribution in [2.75, 3.05) is 13.0 Å². The Morgan fingerprint density at radius 1 is 1.41 bits per heavy atom. The summed E-state index contributed by atoms with van der Waals surface area (Å²) < 4.78 is 4.74. The molecule has 0 spiro atoms. The summed E-state index contributed by atoms with van der Waals surface area (Å²) in [6.45, 7) is 0. The monoisotopic (exact) mass is 319 g/mol. The molecule has 1 atom stereocenters. The Balaban J connectivity index is 2.34. The molecule has 0 fully saturated rings. The molecule has 2 aromatic carbocycles. The minimum absolute atomic E-state index is 0.0698. The number of hydrogen-bond acceptors (Lipinski definition) is 4. The highest BCUT2D eigenvalue weighted by Crippen LogP contribution is 2.42. The Hall–Kier alpha value is -2.14. The van der Waals surface area contributed by atoms with Gasteiger partial charge in [0, 0.05) is 11.9 Å². The number of benzene rings is 2. The van der Waals surface area contributed by atoms with Crippen LogP contribution in [0.5, 0.6) is 0 Å². The van der Waals surface area contributed by atoms with Crippen molar-refractivity contribution in [3.05, 3.63) is 51.1 Å².